The molecule has 0 bridgehead atoms. The van der Waals surface area contributed by atoms with Crippen molar-refractivity contribution < 1.29 is 14.0 Å². The molecule has 1 atom stereocenters. The molecule has 8 heteroatoms. The summed E-state index contributed by atoms with van der Waals surface area (Å²) in [6, 6.07) is 7.65. The zero-order valence-corrected chi connectivity index (χ0v) is 14.2. The Morgan fingerprint density at radius 2 is 2.12 bits per heavy atom. The Labute approximate surface area is 148 Å². The minimum absolute atomic E-state index is 0.0476. The van der Waals surface area contributed by atoms with Crippen LogP contribution in [0.1, 0.15) is 12.0 Å². The van der Waals surface area contributed by atoms with Gasteiger partial charge in [-0.3, -0.25) is 9.59 Å². The molecule has 1 aromatic heterocycles. The van der Waals surface area contributed by atoms with Crippen LogP contribution in [0.5, 0.6) is 0 Å². The molecule has 2 heterocycles. The van der Waals surface area contributed by atoms with Crippen LogP contribution < -0.4 is 5.32 Å². The normalized spacial score (nSPS) is 16.9. The SMILES string of the molecule is O=C(CSc1ncccn1)NC1CC(=O)N(Cc2cccc(F)c2)C1. The lowest BCUT2D eigenvalue weighted by Crippen LogP contribution is -2.38. The van der Waals surface area contributed by atoms with E-state index >= 15 is 0 Å². The maximum Gasteiger partial charge on any atom is 0.230 e. The van der Waals surface area contributed by atoms with Crippen molar-refractivity contribution >= 4 is 23.6 Å². The van der Waals surface area contributed by atoms with Crippen molar-refractivity contribution in [3.63, 3.8) is 0 Å². The second-order valence-corrected chi connectivity index (χ2v) is 6.64. The van der Waals surface area contributed by atoms with Gasteiger partial charge in [0, 0.05) is 31.9 Å². The minimum atomic E-state index is -0.325. The summed E-state index contributed by atoms with van der Waals surface area (Å²) in [6.07, 6.45) is 3.49. The van der Waals surface area contributed by atoms with Crippen molar-refractivity contribution in [3.05, 3.63) is 54.1 Å². The number of likely N-dealkylation sites (tertiary alicyclic amines) is 1. The summed E-state index contributed by atoms with van der Waals surface area (Å²) in [6.45, 7) is 0.767. The number of carbonyl (C=O) groups is 2. The fourth-order valence-corrected chi connectivity index (χ4v) is 3.25. The zero-order chi connectivity index (χ0) is 17.6. The highest BCUT2D eigenvalue weighted by Gasteiger charge is 2.30. The lowest BCUT2D eigenvalue weighted by atomic mass is 10.2. The van der Waals surface area contributed by atoms with Crippen molar-refractivity contribution in [1.29, 1.82) is 0 Å². The number of thioether (sulfide) groups is 1. The number of rotatable bonds is 6. The lowest BCUT2D eigenvalue weighted by molar-refractivity contribution is -0.128. The van der Waals surface area contributed by atoms with Crippen molar-refractivity contribution in [3.8, 4) is 0 Å². The van der Waals surface area contributed by atoms with E-state index in [-0.39, 0.29) is 35.8 Å². The van der Waals surface area contributed by atoms with E-state index in [0.717, 1.165) is 5.56 Å². The van der Waals surface area contributed by atoms with Crippen molar-refractivity contribution in [2.75, 3.05) is 12.3 Å². The van der Waals surface area contributed by atoms with Crippen molar-refractivity contribution in [2.45, 2.75) is 24.2 Å². The molecule has 25 heavy (non-hydrogen) atoms. The quantitative estimate of drug-likeness (QED) is 0.626. The molecule has 1 unspecified atom stereocenters. The highest BCUT2D eigenvalue weighted by Crippen LogP contribution is 2.16. The second-order valence-electron chi connectivity index (χ2n) is 5.69. The van der Waals surface area contributed by atoms with Crippen LogP contribution in [0.15, 0.2) is 47.9 Å². The van der Waals surface area contributed by atoms with E-state index in [2.05, 4.69) is 15.3 Å². The monoisotopic (exact) mass is 360 g/mol. The van der Waals surface area contributed by atoms with E-state index in [1.807, 2.05) is 0 Å². The predicted molar refractivity (Wildman–Crippen MR) is 91.1 cm³/mol. The largest absolute Gasteiger partial charge is 0.350 e. The first-order valence-electron chi connectivity index (χ1n) is 7.81. The van der Waals surface area contributed by atoms with Gasteiger partial charge >= 0.3 is 0 Å². The molecule has 1 fully saturated rings. The molecule has 1 aromatic carbocycles. The number of aromatic nitrogens is 2. The third-order valence-electron chi connectivity index (χ3n) is 3.72. The van der Waals surface area contributed by atoms with E-state index in [9.17, 15) is 14.0 Å². The van der Waals surface area contributed by atoms with Crippen LogP contribution in [-0.4, -0.2) is 45.0 Å². The summed E-state index contributed by atoms with van der Waals surface area (Å²) in [7, 11) is 0. The zero-order valence-electron chi connectivity index (χ0n) is 13.4. The van der Waals surface area contributed by atoms with E-state index in [1.54, 1.807) is 35.5 Å². The Hall–Kier alpha value is -2.48. The predicted octanol–water partition coefficient (Wildman–Crippen LogP) is 1.63. The van der Waals surface area contributed by atoms with E-state index in [1.165, 1.54) is 23.9 Å². The van der Waals surface area contributed by atoms with Gasteiger partial charge in [0.1, 0.15) is 5.82 Å². The maximum absolute atomic E-state index is 13.2. The number of hydrogen-bond donors (Lipinski definition) is 1. The molecule has 2 amide bonds. The van der Waals surface area contributed by atoms with E-state index < -0.39 is 0 Å². The Morgan fingerprint density at radius 1 is 1.32 bits per heavy atom. The fourth-order valence-electron chi connectivity index (χ4n) is 2.64. The molecule has 0 radical (unpaired) electrons. The molecule has 0 spiro atoms. The van der Waals surface area contributed by atoms with Gasteiger partial charge in [-0.2, -0.15) is 0 Å². The minimum Gasteiger partial charge on any atom is -0.350 e. The van der Waals surface area contributed by atoms with Gasteiger partial charge in [0.25, 0.3) is 0 Å². The van der Waals surface area contributed by atoms with Crippen LogP contribution in [0, 0.1) is 5.82 Å². The van der Waals surface area contributed by atoms with Gasteiger partial charge in [-0.25, -0.2) is 14.4 Å². The lowest BCUT2D eigenvalue weighted by Gasteiger charge is -2.17. The average Bonchev–Trinajstić information content (AvgIpc) is 2.93. The van der Waals surface area contributed by atoms with Crippen LogP contribution in [0.4, 0.5) is 4.39 Å². The third-order valence-corrected chi connectivity index (χ3v) is 4.59. The molecular formula is C17H17FN4O2S. The molecule has 0 aliphatic carbocycles. The van der Waals surface area contributed by atoms with Gasteiger partial charge < -0.3 is 10.2 Å². The van der Waals surface area contributed by atoms with Crippen LogP contribution in [0.2, 0.25) is 0 Å². The molecule has 1 saturated heterocycles. The Kier molecular flexibility index (Phi) is 5.60. The first kappa shape index (κ1) is 17.3. The summed E-state index contributed by atoms with van der Waals surface area (Å²) in [5, 5.41) is 3.39. The number of nitrogens with zero attached hydrogens (tertiary/aromatic N) is 3. The Morgan fingerprint density at radius 3 is 2.88 bits per heavy atom. The van der Waals surface area contributed by atoms with Crippen LogP contribution in [0.3, 0.4) is 0 Å². The smallest absolute Gasteiger partial charge is 0.230 e. The first-order valence-corrected chi connectivity index (χ1v) is 8.80. The average molecular weight is 360 g/mol. The molecule has 2 aromatic rings. The van der Waals surface area contributed by atoms with E-state index in [4.69, 9.17) is 0 Å². The molecule has 0 saturated carbocycles. The summed E-state index contributed by atoms with van der Waals surface area (Å²) in [5.74, 6) is -0.343. The Balaban J connectivity index is 1.48. The third kappa shape index (κ3) is 4.99. The van der Waals surface area contributed by atoms with Gasteiger partial charge in [-0.15, -0.1) is 0 Å². The van der Waals surface area contributed by atoms with Gasteiger partial charge in [0.15, 0.2) is 5.16 Å². The number of halogens is 1. The first-order chi connectivity index (χ1) is 12.1. The second kappa shape index (κ2) is 8.06. The Bertz CT molecular complexity index is 759. The molecular weight excluding hydrogens is 343 g/mol. The summed E-state index contributed by atoms with van der Waals surface area (Å²) in [5.41, 5.74) is 0.733. The summed E-state index contributed by atoms with van der Waals surface area (Å²) >= 11 is 1.24. The number of carbonyl (C=O) groups excluding carboxylic acids is 2. The summed E-state index contributed by atoms with van der Waals surface area (Å²) in [4.78, 5) is 33.8. The molecule has 6 nitrogen and oxygen atoms in total. The van der Waals surface area contributed by atoms with Gasteiger partial charge in [0.05, 0.1) is 11.8 Å². The maximum atomic E-state index is 13.2. The highest BCUT2D eigenvalue weighted by molar-refractivity contribution is 7.99. The van der Waals surface area contributed by atoms with Crippen LogP contribution in [0.25, 0.3) is 0 Å². The highest BCUT2D eigenvalue weighted by atomic mass is 32.2. The molecule has 1 aliphatic rings. The van der Waals surface area contributed by atoms with Gasteiger partial charge in [0.2, 0.25) is 11.8 Å². The molecule has 1 aliphatic heterocycles. The topological polar surface area (TPSA) is 75.2 Å². The van der Waals surface area contributed by atoms with E-state index in [0.29, 0.717) is 18.2 Å². The molecule has 130 valence electrons. The van der Waals surface area contributed by atoms with Gasteiger partial charge in [-0.05, 0) is 23.8 Å². The number of amides is 2. The number of nitrogens with one attached hydrogen (secondary N) is 1. The number of hydrogen-bond acceptors (Lipinski definition) is 5. The molecule has 3 rings (SSSR count). The fraction of sp³-hybridized carbons (Fsp3) is 0.294. The molecule has 1 N–H and O–H groups in total. The van der Waals surface area contributed by atoms with Crippen molar-refractivity contribution in [1.82, 2.24) is 20.2 Å². The van der Waals surface area contributed by atoms with Crippen LogP contribution in [-0.2, 0) is 16.1 Å². The standard InChI is InChI=1S/C17H17FN4O2S/c18-13-4-1-3-12(7-13)9-22-10-14(8-16(22)24)21-15(23)11-25-17-19-5-2-6-20-17/h1-7,14H,8-11H2,(H,21,23). The van der Waals surface area contributed by atoms with Crippen LogP contribution >= 0.6 is 11.8 Å². The van der Waals surface area contributed by atoms with Gasteiger partial charge in [-0.1, -0.05) is 23.9 Å². The van der Waals surface area contributed by atoms with Crippen molar-refractivity contribution in [2.24, 2.45) is 0 Å². The number of benzene rings is 1. The summed E-state index contributed by atoms with van der Waals surface area (Å²) < 4.78 is 13.2.